The molecule has 0 radical (unpaired) electrons. The molecule has 0 aromatic heterocycles. The largest absolute Gasteiger partial charge is 0.405 e. The molecule has 1 heterocycles. The van der Waals surface area contributed by atoms with Gasteiger partial charge in [-0.05, 0) is 6.42 Å². The fraction of sp³-hybridized carbons (Fsp3) is 1.00. The lowest BCUT2D eigenvalue weighted by molar-refractivity contribution is -0.129. The van der Waals surface area contributed by atoms with Crippen molar-refractivity contribution in [1.82, 2.24) is 5.32 Å². The molecule has 1 aliphatic rings. The Morgan fingerprint density at radius 2 is 2.00 bits per heavy atom. The van der Waals surface area contributed by atoms with Gasteiger partial charge in [0.25, 0.3) is 0 Å². The van der Waals surface area contributed by atoms with Crippen LogP contribution in [0.4, 0.5) is 13.2 Å². The topological polar surface area (TPSA) is 21.9 Å². The molecule has 1 nitrogen and oxygen atoms in total. The Labute approximate surface area is 51.2 Å². The van der Waals surface area contributed by atoms with Gasteiger partial charge in [0, 0.05) is 6.04 Å². The average Bonchev–Trinajstić information content (AvgIpc) is 2.39. The maximum Gasteiger partial charge on any atom is 0.405 e. The quantitative estimate of drug-likeness (QED) is 0.543. The van der Waals surface area contributed by atoms with Crippen LogP contribution in [0.15, 0.2) is 0 Å². The second-order valence-corrected chi connectivity index (χ2v) is 2.20. The van der Waals surface area contributed by atoms with Gasteiger partial charge in [-0.15, -0.1) is 0 Å². The average molecular weight is 139 g/mol. The molecular weight excluding hydrogens is 131 g/mol. The van der Waals surface area contributed by atoms with E-state index in [4.69, 9.17) is 0 Å². The van der Waals surface area contributed by atoms with Crippen LogP contribution in [0, 0.1) is 0 Å². The normalized spacial score (nSPS) is 34.7. The zero-order valence-corrected chi connectivity index (χ0v) is 5.00. The minimum atomic E-state index is -4.03. The van der Waals surface area contributed by atoms with Crippen LogP contribution < -0.4 is 5.32 Å². The molecular formula is C5H8F3N. The van der Waals surface area contributed by atoms with Crippen molar-refractivity contribution in [2.75, 3.05) is 0 Å². The predicted molar refractivity (Wildman–Crippen MR) is 27.1 cm³/mol. The number of alkyl halides is 3. The van der Waals surface area contributed by atoms with Crippen LogP contribution in [0.1, 0.15) is 13.3 Å². The van der Waals surface area contributed by atoms with Crippen LogP contribution >= 0.6 is 0 Å². The van der Waals surface area contributed by atoms with Gasteiger partial charge in [-0.25, -0.2) is 0 Å². The van der Waals surface area contributed by atoms with Crippen molar-refractivity contribution in [1.29, 1.82) is 0 Å². The molecule has 0 aromatic carbocycles. The molecule has 2 atom stereocenters. The molecule has 1 rings (SSSR count). The molecule has 0 unspecified atom stereocenters. The summed E-state index contributed by atoms with van der Waals surface area (Å²) in [5, 5.41) is 2.33. The minimum absolute atomic E-state index is 0.315. The van der Waals surface area contributed by atoms with Gasteiger partial charge in [0.05, 0.1) is 0 Å². The summed E-state index contributed by atoms with van der Waals surface area (Å²) < 4.78 is 34.8. The second kappa shape index (κ2) is 1.87. The first-order valence-corrected chi connectivity index (χ1v) is 2.88. The number of hydrogen-bond acceptors (Lipinski definition) is 1. The summed E-state index contributed by atoms with van der Waals surface area (Å²) in [4.78, 5) is 0. The number of nitrogens with one attached hydrogen (secondary N) is 1. The molecule has 1 aliphatic heterocycles. The zero-order valence-electron chi connectivity index (χ0n) is 5.00. The van der Waals surface area contributed by atoms with Crippen LogP contribution in [0.2, 0.25) is 0 Å². The Balaban J connectivity index is 2.33. The Morgan fingerprint density at radius 1 is 1.44 bits per heavy atom. The van der Waals surface area contributed by atoms with E-state index in [-0.39, 0.29) is 6.04 Å². The monoisotopic (exact) mass is 139 g/mol. The van der Waals surface area contributed by atoms with E-state index in [1.807, 2.05) is 0 Å². The molecule has 1 saturated heterocycles. The maximum atomic E-state index is 11.6. The molecule has 9 heavy (non-hydrogen) atoms. The summed E-state index contributed by atoms with van der Waals surface area (Å²) in [6.07, 6.45) is -3.47. The lowest BCUT2D eigenvalue weighted by Gasteiger charge is -2.00. The molecule has 0 aliphatic carbocycles. The molecule has 0 saturated carbocycles. The Hall–Kier alpha value is -0.250. The standard InChI is InChI=1S/C5H8F3N/c1-2-3-4(9-3)5(6,7)8/h3-4,9H,2H2,1H3/t3-,4+/m1/s1. The summed E-state index contributed by atoms with van der Waals surface area (Å²) in [6, 6.07) is -1.53. The van der Waals surface area contributed by atoms with Crippen molar-refractivity contribution in [2.24, 2.45) is 0 Å². The van der Waals surface area contributed by atoms with Gasteiger partial charge in [-0.1, -0.05) is 6.92 Å². The molecule has 0 amide bonds. The molecule has 54 valence electrons. The van der Waals surface area contributed by atoms with E-state index in [9.17, 15) is 13.2 Å². The van der Waals surface area contributed by atoms with E-state index < -0.39 is 12.2 Å². The van der Waals surface area contributed by atoms with Crippen LogP contribution in [0.3, 0.4) is 0 Å². The van der Waals surface area contributed by atoms with Gasteiger partial charge in [0.1, 0.15) is 6.04 Å². The zero-order chi connectivity index (χ0) is 7.07. The molecule has 4 heteroatoms. The summed E-state index contributed by atoms with van der Waals surface area (Å²) in [6.45, 7) is 1.74. The van der Waals surface area contributed by atoms with Gasteiger partial charge in [-0.2, -0.15) is 13.2 Å². The smallest absolute Gasteiger partial charge is 0.300 e. The van der Waals surface area contributed by atoms with Crippen molar-refractivity contribution in [3.8, 4) is 0 Å². The Bertz CT molecular complexity index is 109. The summed E-state index contributed by atoms with van der Waals surface area (Å²) >= 11 is 0. The highest BCUT2D eigenvalue weighted by molar-refractivity contribution is 5.01. The van der Waals surface area contributed by atoms with Gasteiger partial charge in [-0.3, -0.25) is 0 Å². The van der Waals surface area contributed by atoms with Crippen molar-refractivity contribution >= 4 is 0 Å². The lowest BCUT2D eigenvalue weighted by Crippen LogP contribution is -2.20. The highest BCUT2D eigenvalue weighted by Gasteiger charge is 2.54. The lowest BCUT2D eigenvalue weighted by atomic mass is 10.2. The van der Waals surface area contributed by atoms with E-state index >= 15 is 0 Å². The maximum absolute atomic E-state index is 11.6. The Kier molecular flexibility index (Phi) is 1.42. The molecule has 0 spiro atoms. The minimum Gasteiger partial charge on any atom is -0.300 e. The number of hydrogen-bond donors (Lipinski definition) is 1. The van der Waals surface area contributed by atoms with Crippen molar-refractivity contribution in [3.63, 3.8) is 0 Å². The highest BCUT2D eigenvalue weighted by atomic mass is 19.4. The van der Waals surface area contributed by atoms with Gasteiger partial charge in [0.2, 0.25) is 0 Å². The first kappa shape index (κ1) is 6.86. The van der Waals surface area contributed by atoms with Crippen molar-refractivity contribution in [2.45, 2.75) is 31.6 Å². The third-order valence-corrected chi connectivity index (χ3v) is 1.48. The van der Waals surface area contributed by atoms with E-state index in [1.54, 1.807) is 6.92 Å². The van der Waals surface area contributed by atoms with Gasteiger partial charge >= 0.3 is 6.18 Å². The van der Waals surface area contributed by atoms with Crippen LogP contribution in [0.25, 0.3) is 0 Å². The van der Waals surface area contributed by atoms with Crippen LogP contribution in [0.5, 0.6) is 0 Å². The third kappa shape index (κ3) is 1.36. The third-order valence-electron chi connectivity index (χ3n) is 1.48. The molecule has 1 fully saturated rings. The summed E-state index contributed by atoms with van der Waals surface area (Å²) in [5.41, 5.74) is 0. The predicted octanol–water partition coefficient (Wildman–Crippen LogP) is 1.30. The highest BCUT2D eigenvalue weighted by Crippen LogP contribution is 2.32. The van der Waals surface area contributed by atoms with Crippen LogP contribution in [-0.2, 0) is 0 Å². The number of rotatable bonds is 1. The molecule has 0 bridgehead atoms. The number of halogens is 3. The van der Waals surface area contributed by atoms with E-state index in [0.29, 0.717) is 6.42 Å². The van der Waals surface area contributed by atoms with E-state index in [1.165, 1.54) is 0 Å². The molecule has 1 N–H and O–H groups in total. The van der Waals surface area contributed by atoms with Gasteiger partial charge in [0.15, 0.2) is 0 Å². The van der Waals surface area contributed by atoms with E-state index in [0.717, 1.165) is 0 Å². The van der Waals surface area contributed by atoms with E-state index in [2.05, 4.69) is 5.32 Å². The first-order chi connectivity index (χ1) is 4.05. The van der Waals surface area contributed by atoms with Crippen LogP contribution in [-0.4, -0.2) is 18.3 Å². The van der Waals surface area contributed by atoms with Crippen molar-refractivity contribution in [3.05, 3.63) is 0 Å². The summed E-state index contributed by atoms with van der Waals surface area (Å²) in [7, 11) is 0. The van der Waals surface area contributed by atoms with Gasteiger partial charge < -0.3 is 5.32 Å². The summed E-state index contributed by atoms with van der Waals surface area (Å²) in [5.74, 6) is 0. The van der Waals surface area contributed by atoms with Crippen molar-refractivity contribution < 1.29 is 13.2 Å². The second-order valence-electron chi connectivity index (χ2n) is 2.20. The fourth-order valence-electron chi connectivity index (χ4n) is 0.851. The Morgan fingerprint density at radius 3 is 2.11 bits per heavy atom. The SMILES string of the molecule is CC[C@H]1N[C@@H]1C(F)(F)F. The fourth-order valence-corrected chi connectivity index (χ4v) is 0.851. The first-order valence-electron chi connectivity index (χ1n) is 2.88. The molecule has 0 aromatic rings.